The summed E-state index contributed by atoms with van der Waals surface area (Å²) >= 11 is 0. The average Bonchev–Trinajstić information content (AvgIpc) is 3.18. The van der Waals surface area contributed by atoms with Gasteiger partial charge in [-0.15, -0.1) is 0 Å². The van der Waals surface area contributed by atoms with E-state index in [1.54, 1.807) is 0 Å². The van der Waals surface area contributed by atoms with Crippen LogP contribution in [0.15, 0.2) is 95.4 Å². The van der Waals surface area contributed by atoms with E-state index < -0.39 is 0 Å². The van der Waals surface area contributed by atoms with Crippen LogP contribution in [-0.4, -0.2) is 0 Å². The molecule has 0 fully saturated rings. The number of rotatable bonds is 23. The van der Waals surface area contributed by atoms with Gasteiger partial charge in [0.15, 0.2) is 0 Å². The van der Waals surface area contributed by atoms with Gasteiger partial charge in [-0.25, -0.2) is 4.42 Å². The second-order valence-electron chi connectivity index (χ2n) is 15.7. The maximum Gasteiger partial charge on any atom is 0.362 e. The Bertz CT molecular complexity index is 1850. The highest BCUT2D eigenvalue weighted by Crippen LogP contribution is 2.43. The molecule has 0 saturated carbocycles. The van der Waals surface area contributed by atoms with E-state index in [0.717, 1.165) is 24.0 Å². The van der Waals surface area contributed by atoms with Gasteiger partial charge in [0.05, 0.1) is 10.8 Å². The molecule has 1 nitrogen and oxygen atoms in total. The van der Waals surface area contributed by atoms with E-state index >= 15 is 0 Å². The van der Waals surface area contributed by atoms with E-state index in [-0.39, 0.29) is 0 Å². The third kappa shape index (κ3) is 10.2. The predicted molar refractivity (Wildman–Crippen MR) is 230 cm³/mol. The zero-order chi connectivity index (χ0) is 35.8. The minimum atomic E-state index is 0.957. The van der Waals surface area contributed by atoms with Gasteiger partial charge in [0.2, 0.25) is 0 Å². The third-order valence-electron chi connectivity index (χ3n) is 11.5. The van der Waals surface area contributed by atoms with Crippen molar-refractivity contribution in [2.75, 3.05) is 0 Å². The summed E-state index contributed by atoms with van der Waals surface area (Å²) < 4.78 is 6.76. The van der Waals surface area contributed by atoms with E-state index in [0.29, 0.717) is 0 Å². The smallest absolute Gasteiger partial charge is 0.207 e. The van der Waals surface area contributed by atoms with Crippen LogP contribution in [0.2, 0.25) is 0 Å². The van der Waals surface area contributed by atoms with Gasteiger partial charge in [-0.3, -0.25) is 0 Å². The summed E-state index contributed by atoms with van der Waals surface area (Å²) in [6.07, 6.45) is 29.9. The van der Waals surface area contributed by atoms with Crippen molar-refractivity contribution in [3.63, 3.8) is 0 Å². The van der Waals surface area contributed by atoms with E-state index in [1.807, 2.05) is 0 Å². The lowest BCUT2D eigenvalue weighted by molar-refractivity contribution is 0.556. The lowest BCUT2D eigenvalue weighted by Gasteiger charge is -2.12. The van der Waals surface area contributed by atoms with Crippen molar-refractivity contribution in [1.82, 2.24) is 0 Å². The summed E-state index contributed by atoms with van der Waals surface area (Å²) in [5, 5.41) is 7.63. The van der Waals surface area contributed by atoms with Gasteiger partial charge in [0.1, 0.15) is 0 Å². The second-order valence-corrected chi connectivity index (χ2v) is 15.7. The first-order valence-electron chi connectivity index (χ1n) is 21.5. The van der Waals surface area contributed by atoms with Crippen LogP contribution in [0.1, 0.15) is 153 Å². The summed E-state index contributed by atoms with van der Waals surface area (Å²) in [6, 6.07) is 34.3. The number of aryl methyl sites for hydroxylation is 2. The van der Waals surface area contributed by atoms with Crippen LogP contribution in [-0.2, 0) is 12.8 Å². The molecular weight excluding hydrogens is 629 g/mol. The first kappa shape index (κ1) is 38.0. The largest absolute Gasteiger partial charge is 0.362 e. The molecule has 0 radical (unpaired) electrons. The van der Waals surface area contributed by atoms with Gasteiger partial charge in [-0.2, -0.15) is 0 Å². The molecule has 0 amide bonds. The molecule has 5 aromatic carbocycles. The van der Waals surface area contributed by atoms with Crippen molar-refractivity contribution < 1.29 is 4.42 Å². The molecule has 0 aliphatic carbocycles. The first-order valence-corrected chi connectivity index (χ1v) is 21.5. The fourth-order valence-electron chi connectivity index (χ4n) is 8.49. The van der Waals surface area contributed by atoms with Crippen molar-refractivity contribution in [3.05, 3.63) is 102 Å². The zero-order valence-corrected chi connectivity index (χ0v) is 32.6. The molecule has 52 heavy (non-hydrogen) atoms. The molecule has 0 N–H and O–H groups in total. The Morgan fingerprint density at radius 3 is 1.21 bits per heavy atom. The average molecular weight is 694 g/mol. The van der Waals surface area contributed by atoms with Crippen molar-refractivity contribution >= 4 is 43.5 Å². The number of unbranched alkanes of at least 4 members (excludes halogenated alkanes) is 18. The molecule has 6 aromatic rings. The lowest BCUT2D eigenvalue weighted by atomic mass is 9.90. The molecule has 0 aliphatic rings. The molecule has 1 heteroatoms. The van der Waals surface area contributed by atoms with Gasteiger partial charge in [0.25, 0.3) is 0 Å². The fourth-order valence-corrected chi connectivity index (χ4v) is 8.49. The highest BCUT2D eigenvalue weighted by molar-refractivity contribution is 6.24. The Balaban J connectivity index is 1.19. The summed E-state index contributed by atoms with van der Waals surface area (Å²) in [7, 11) is 0. The molecule has 0 spiro atoms. The lowest BCUT2D eigenvalue weighted by Crippen LogP contribution is -1.92. The highest BCUT2D eigenvalue weighted by Gasteiger charge is 2.24. The van der Waals surface area contributed by atoms with Crippen LogP contribution in [0.5, 0.6) is 0 Å². The predicted octanol–water partition coefficient (Wildman–Crippen LogP) is 16.8. The first-order chi connectivity index (χ1) is 25.8. The number of hydrogen-bond acceptors (Lipinski definition) is 0. The minimum absolute atomic E-state index is 0.957. The van der Waals surface area contributed by atoms with Gasteiger partial charge >= 0.3 is 11.2 Å². The van der Waals surface area contributed by atoms with Gasteiger partial charge in [-0.1, -0.05) is 196 Å². The maximum atomic E-state index is 6.76. The minimum Gasteiger partial charge on any atom is -0.207 e. The van der Waals surface area contributed by atoms with Crippen LogP contribution in [0.3, 0.4) is 0 Å². The van der Waals surface area contributed by atoms with E-state index in [1.165, 1.54) is 183 Å². The number of benzene rings is 5. The fraction of sp³-hybridized carbons (Fsp3) is 0.471. The van der Waals surface area contributed by atoms with E-state index in [4.69, 9.17) is 4.42 Å². The van der Waals surface area contributed by atoms with Crippen molar-refractivity contribution in [2.45, 2.75) is 155 Å². The van der Waals surface area contributed by atoms with Crippen LogP contribution >= 0.6 is 0 Å². The summed E-state index contributed by atoms with van der Waals surface area (Å²) in [6.45, 7) is 4.60. The Morgan fingerprint density at radius 1 is 0.385 bits per heavy atom. The second kappa shape index (κ2) is 20.5. The molecule has 1 aromatic heterocycles. The molecule has 0 atom stereocenters. The molecular formula is C51H65O+. The Kier molecular flexibility index (Phi) is 15.0. The quantitative estimate of drug-likeness (QED) is 0.0281. The van der Waals surface area contributed by atoms with E-state index in [9.17, 15) is 0 Å². The van der Waals surface area contributed by atoms with Crippen molar-refractivity contribution in [3.8, 4) is 11.1 Å². The number of hydrogen-bond donors (Lipinski definition) is 0. The van der Waals surface area contributed by atoms with Gasteiger partial charge in [-0.05, 0) is 76.1 Å². The Morgan fingerprint density at radius 2 is 0.788 bits per heavy atom. The molecule has 6 rings (SSSR count). The van der Waals surface area contributed by atoms with E-state index in [2.05, 4.69) is 105 Å². The summed E-state index contributed by atoms with van der Waals surface area (Å²) in [5.74, 6) is 0. The molecule has 274 valence electrons. The summed E-state index contributed by atoms with van der Waals surface area (Å²) in [4.78, 5) is 0. The van der Waals surface area contributed by atoms with Gasteiger partial charge < -0.3 is 0 Å². The Labute approximate surface area is 315 Å². The Hall–Kier alpha value is -3.71. The van der Waals surface area contributed by atoms with Crippen molar-refractivity contribution in [2.24, 2.45) is 0 Å². The standard InChI is InChI=1S/C51H65O/c1-3-5-7-9-11-13-15-17-19-22-26-40-30-34-45-43(38-40)32-36-47-50(45)49(42-28-24-21-25-29-42)51-46-35-31-41(39-44(46)33-37-48(51)52-47)27-23-20-18-16-14-12-10-8-6-4-2/h21,24-25,28-39H,3-20,22-23,26-27H2,1-2H3/q+1. The monoisotopic (exact) mass is 694 g/mol. The highest BCUT2D eigenvalue weighted by atomic mass is 16.3. The van der Waals surface area contributed by atoms with Crippen LogP contribution in [0.25, 0.3) is 54.6 Å². The zero-order valence-electron chi connectivity index (χ0n) is 32.6. The van der Waals surface area contributed by atoms with Crippen LogP contribution in [0.4, 0.5) is 0 Å². The molecule has 0 unspecified atom stereocenters. The maximum absolute atomic E-state index is 6.76. The third-order valence-corrected chi connectivity index (χ3v) is 11.5. The molecule has 0 saturated heterocycles. The molecule has 0 bridgehead atoms. The molecule has 0 aliphatic heterocycles. The summed E-state index contributed by atoms with van der Waals surface area (Å²) in [5.41, 5.74) is 7.35. The van der Waals surface area contributed by atoms with Crippen LogP contribution < -0.4 is 0 Å². The van der Waals surface area contributed by atoms with Gasteiger partial charge in [0, 0.05) is 17.7 Å². The molecule has 1 heterocycles. The van der Waals surface area contributed by atoms with Crippen LogP contribution in [0, 0.1) is 0 Å². The number of fused-ring (bicyclic) bond motifs is 6. The van der Waals surface area contributed by atoms with Crippen molar-refractivity contribution in [1.29, 1.82) is 0 Å². The SMILES string of the molecule is CCCCCCCCCCCCc1ccc2c(ccc3[o+]c4ccc5cc(CCCCCCCCCCCC)ccc5c4c(-c4ccccc4)c32)c1. The topological polar surface area (TPSA) is 11.3 Å². The normalized spacial score (nSPS) is 11.8.